The van der Waals surface area contributed by atoms with Gasteiger partial charge in [0.25, 0.3) is 0 Å². The molecular formula is C25H19ClF3N3O. The number of hydrogen-bond donors (Lipinski definition) is 3. The van der Waals surface area contributed by atoms with Crippen LogP contribution < -0.4 is 10.7 Å². The average molecular weight is 470 g/mol. The maximum atomic E-state index is 12.9. The van der Waals surface area contributed by atoms with Crippen LogP contribution in [-0.4, -0.2) is 17.0 Å². The number of anilines is 1. The predicted molar refractivity (Wildman–Crippen MR) is 123 cm³/mol. The largest absolute Gasteiger partial charge is 0.416 e. The first-order chi connectivity index (χ1) is 15.8. The summed E-state index contributed by atoms with van der Waals surface area (Å²) in [5, 5.41) is 19.1. The van der Waals surface area contributed by atoms with Gasteiger partial charge in [0.2, 0.25) is 0 Å². The van der Waals surface area contributed by atoms with E-state index in [0.29, 0.717) is 28.3 Å². The molecule has 4 nitrogen and oxygen atoms in total. The zero-order chi connectivity index (χ0) is 23.2. The van der Waals surface area contributed by atoms with Crippen LogP contribution in [0.25, 0.3) is 5.57 Å². The Morgan fingerprint density at radius 2 is 1.70 bits per heavy atom. The summed E-state index contributed by atoms with van der Waals surface area (Å²) < 4.78 is 38.7. The smallest absolute Gasteiger partial charge is 0.369 e. The molecule has 0 aliphatic carbocycles. The van der Waals surface area contributed by atoms with Gasteiger partial charge in [0.1, 0.15) is 0 Å². The lowest BCUT2D eigenvalue weighted by Crippen LogP contribution is -2.31. The van der Waals surface area contributed by atoms with Gasteiger partial charge in [0.05, 0.1) is 17.3 Å². The van der Waals surface area contributed by atoms with Gasteiger partial charge in [0, 0.05) is 33.8 Å². The molecule has 0 amide bonds. The van der Waals surface area contributed by atoms with E-state index in [1.165, 1.54) is 12.1 Å². The molecule has 0 aromatic heterocycles. The molecule has 0 radical (unpaired) electrons. The molecule has 3 aromatic rings. The van der Waals surface area contributed by atoms with Crippen LogP contribution in [0.4, 0.5) is 18.9 Å². The monoisotopic (exact) mass is 469 g/mol. The highest BCUT2D eigenvalue weighted by atomic mass is 35.5. The summed E-state index contributed by atoms with van der Waals surface area (Å²) in [5.41, 5.74) is 7.55. The van der Waals surface area contributed by atoms with Crippen molar-refractivity contribution >= 4 is 28.6 Å². The van der Waals surface area contributed by atoms with Gasteiger partial charge in [-0.15, -0.1) is 0 Å². The third kappa shape index (κ3) is 4.10. The Bertz CT molecular complexity index is 1250. The van der Waals surface area contributed by atoms with Crippen molar-refractivity contribution in [1.82, 2.24) is 5.43 Å². The van der Waals surface area contributed by atoms with E-state index in [2.05, 4.69) is 15.8 Å². The zero-order valence-electron chi connectivity index (χ0n) is 17.2. The normalized spacial score (nSPS) is 20.1. The number of benzene rings is 3. The maximum Gasteiger partial charge on any atom is 0.416 e. The van der Waals surface area contributed by atoms with Gasteiger partial charge >= 0.3 is 6.18 Å². The first kappa shape index (κ1) is 21.6. The zero-order valence-corrected chi connectivity index (χ0v) is 18.0. The van der Waals surface area contributed by atoms with Gasteiger partial charge in [-0.2, -0.15) is 18.3 Å². The fourth-order valence-corrected chi connectivity index (χ4v) is 4.45. The minimum absolute atomic E-state index is 0.306. The van der Waals surface area contributed by atoms with Crippen LogP contribution in [0, 0.1) is 0 Å². The van der Waals surface area contributed by atoms with Gasteiger partial charge in [0.15, 0.2) is 6.23 Å². The first-order valence-corrected chi connectivity index (χ1v) is 10.7. The molecule has 2 heterocycles. The van der Waals surface area contributed by atoms with E-state index in [4.69, 9.17) is 11.6 Å². The molecule has 2 unspecified atom stereocenters. The lowest BCUT2D eigenvalue weighted by atomic mass is 9.85. The summed E-state index contributed by atoms with van der Waals surface area (Å²) in [5.74, 6) is 0. The van der Waals surface area contributed by atoms with E-state index in [1.54, 1.807) is 6.07 Å². The van der Waals surface area contributed by atoms with Gasteiger partial charge in [-0.25, -0.2) is 0 Å². The summed E-state index contributed by atoms with van der Waals surface area (Å²) in [6, 6.07) is 19.8. The molecule has 3 aromatic carbocycles. The van der Waals surface area contributed by atoms with E-state index in [0.717, 1.165) is 34.5 Å². The number of aliphatic hydroxyl groups excluding tert-OH is 1. The van der Waals surface area contributed by atoms with Gasteiger partial charge in [-0.1, -0.05) is 54.1 Å². The highest BCUT2D eigenvalue weighted by molar-refractivity contribution is 6.31. The predicted octanol–water partition coefficient (Wildman–Crippen LogP) is 6.00. The maximum absolute atomic E-state index is 12.9. The molecule has 0 fully saturated rings. The quantitative estimate of drug-likeness (QED) is 0.441. The van der Waals surface area contributed by atoms with Crippen LogP contribution in [0.1, 0.15) is 34.7 Å². The number of fused-ring (bicyclic) bond motifs is 1. The Hall–Kier alpha value is -3.29. The second-order valence-electron chi connectivity index (χ2n) is 7.96. The standard InChI is InChI=1S/C25H19ClF3N3O/c26-17-10-11-19-18(12-17)22(15-4-2-1-3-5-15)23(24(33)30-19)21-13-20(31-32-21)14-6-8-16(9-7-14)25(27,28)29/h1-12,20,24,30-31,33H,13H2. The number of nitrogens with zero attached hydrogens (tertiary/aromatic N) is 1. The molecule has 0 spiro atoms. The number of nitrogens with one attached hydrogen (secondary N) is 2. The minimum Gasteiger partial charge on any atom is -0.369 e. The summed E-state index contributed by atoms with van der Waals surface area (Å²) in [7, 11) is 0. The van der Waals surface area contributed by atoms with E-state index < -0.39 is 18.0 Å². The SMILES string of the molecule is OC1Nc2ccc(Cl)cc2C(c2ccccc2)=C1C1=NNC(c2ccc(C(F)(F)F)cc2)C1. The molecule has 168 valence electrons. The van der Waals surface area contributed by atoms with E-state index in [9.17, 15) is 18.3 Å². The summed E-state index contributed by atoms with van der Waals surface area (Å²) in [4.78, 5) is 0. The second kappa shape index (κ2) is 8.24. The van der Waals surface area contributed by atoms with Gasteiger partial charge in [-0.3, -0.25) is 0 Å². The number of hydrogen-bond acceptors (Lipinski definition) is 4. The molecular weight excluding hydrogens is 451 g/mol. The molecule has 8 heteroatoms. The number of aliphatic hydroxyl groups is 1. The van der Waals surface area contributed by atoms with Gasteiger partial charge < -0.3 is 15.8 Å². The highest BCUT2D eigenvalue weighted by Crippen LogP contribution is 2.41. The number of rotatable bonds is 3. The molecule has 0 bridgehead atoms. The fourth-order valence-electron chi connectivity index (χ4n) is 4.28. The van der Waals surface area contributed by atoms with Crippen LogP contribution in [0.15, 0.2) is 83.5 Å². The first-order valence-electron chi connectivity index (χ1n) is 10.3. The number of halogens is 4. The van der Waals surface area contributed by atoms with Crippen molar-refractivity contribution < 1.29 is 18.3 Å². The molecule has 2 atom stereocenters. The Labute approximate surface area is 193 Å². The Morgan fingerprint density at radius 3 is 2.39 bits per heavy atom. The summed E-state index contributed by atoms with van der Waals surface area (Å²) in [6.07, 6.45) is -4.99. The number of alkyl halides is 3. The van der Waals surface area contributed by atoms with Crippen molar-refractivity contribution in [2.45, 2.75) is 24.9 Å². The van der Waals surface area contributed by atoms with Crippen LogP contribution in [0.5, 0.6) is 0 Å². The molecule has 2 aliphatic rings. The van der Waals surface area contributed by atoms with Crippen LogP contribution >= 0.6 is 11.6 Å². The average Bonchev–Trinajstić information content (AvgIpc) is 3.28. The van der Waals surface area contributed by atoms with E-state index in [-0.39, 0.29) is 6.04 Å². The minimum atomic E-state index is -4.38. The Morgan fingerprint density at radius 1 is 0.970 bits per heavy atom. The molecule has 5 rings (SSSR count). The molecule has 0 saturated carbocycles. The van der Waals surface area contributed by atoms with Crippen molar-refractivity contribution in [3.63, 3.8) is 0 Å². The molecule has 2 aliphatic heterocycles. The fraction of sp³-hybridized carbons (Fsp3) is 0.160. The lowest BCUT2D eigenvalue weighted by molar-refractivity contribution is -0.137. The van der Waals surface area contributed by atoms with Crippen LogP contribution in [0.2, 0.25) is 5.02 Å². The van der Waals surface area contributed by atoms with Gasteiger partial charge in [-0.05, 0) is 41.5 Å². The van der Waals surface area contributed by atoms with Crippen molar-refractivity contribution in [3.05, 3.63) is 106 Å². The summed E-state index contributed by atoms with van der Waals surface area (Å²) in [6.45, 7) is 0. The van der Waals surface area contributed by atoms with Crippen LogP contribution in [0.3, 0.4) is 0 Å². The van der Waals surface area contributed by atoms with Crippen LogP contribution in [-0.2, 0) is 6.18 Å². The highest BCUT2D eigenvalue weighted by Gasteiger charge is 2.34. The topological polar surface area (TPSA) is 56.6 Å². The third-order valence-corrected chi connectivity index (χ3v) is 6.09. The second-order valence-corrected chi connectivity index (χ2v) is 8.39. The Kier molecular flexibility index (Phi) is 5.38. The summed E-state index contributed by atoms with van der Waals surface area (Å²) >= 11 is 6.29. The van der Waals surface area contributed by atoms with Crippen molar-refractivity contribution in [3.8, 4) is 0 Å². The van der Waals surface area contributed by atoms with E-state index >= 15 is 0 Å². The van der Waals surface area contributed by atoms with Crippen molar-refractivity contribution in [2.24, 2.45) is 5.10 Å². The third-order valence-electron chi connectivity index (χ3n) is 5.85. The molecule has 33 heavy (non-hydrogen) atoms. The van der Waals surface area contributed by atoms with Crippen molar-refractivity contribution in [1.29, 1.82) is 0 Å². The van der Waals surface area contributed by atoms with E-state index in [1.807, 2.05) is 42.5 Å². The molecule has 0 saturated heterocycles. The Balaban J connectivity index is 1.54. The molecule has 3 N–H and O–H groups in total. The lowest BCUT2D eigenvalue weighted by Gasteiger charge is -2.29. The number of hydrazone groups is 1. The van der Waals surface area contributed by atoms with Crippen molar-refractivity contribution in [2.75, 3.05) is 5.32 Å².